The van der Waals surface area contributed by atoms with E-state index in [1.807, 2.05) is 0 Å². The molecule has 0 atom stereocenters. The number of benzene rings is 1. The molecule has 1 radical (unpaired) electrons. The van der Waals surface area contributed by atoms with Crippen molar-refractivity contribution >= 4 is 17.3 Å². The first-order valence-electron chi connectivity index (χ1n) is 4.47. The van der Waals surface area contributed by atoms with Crippen LogP contribution in [-0.4, -0.2) is 18.1 Å². The van der Waals surface area contributed by atoms with Gasteiger partial charge >= 0.3 is 5.97 Å². The summed E-state index contributed by atoms with van der Waals surface area (Å²) < 4.78 is 10.1. The minimum atomic E-state index is -0.388. The lowest BCUT2D eigenvalue weighted by atomic mass is 10.2. The second kappa shape index (κ2) is 4.76. The van der Waals surface area contributed by atoms with Gasteiger partial charge < -0.3 is 9.47 Å². The van der Waals surface area contributed by atoms with Crippen LogP contribution in [0.1, 0.15) is 10.4 Å². The lowest BCUT2D eigenvalue weighted by molar-refractivity contribution is 0.0600. The molecule has 0 unspecified atom stereocenters. The van der Waals surface area contributed by atoms with Crippen molar-refractivity contribution < 1.29 is 14.3 Å². The number of esters is 1. The first-order chi connectivity index (χ1) is 7.79. The van der Waals surface area contributed by atoms with Crippen LogP contribution >= 0.6 is 11.3 Å². The van der Waals surface area contributed by atoms with Crippen LogP contribution in [0.25, 0.3) is 0 Å². The van der Waals surface area contributed by atoms with E-state index in [1.54, 1.807) is 30.5 Å². The molecular weight excluding hydrogens is 226 g/mol. The van der Waals surface area contributed by atoms with Crippen molar-refractivity contribution in [2.75, 3.05) is 7.11 Å². The third kappa shape index (κ3) is 2.38. The Bertz CT molecular complexity index is 482. The fraction of sp³-hybridized carbons (Fsp3) is 0.0909. The molecule has 2 aromatic rings. The number of hydrogen-bond donors (Lipinski definition) is 0. The van der Waals surface area contributed by atoms with Gasteiger partial charge in [0.1, 0.15) is 5.75 Å². The molecule has 1 aromatic carbocycles. The summed E-state index contributed by atoms with van der Waals surface area (Å²) in [5.41, 5.74) is 3.13. The molecule has 1 aromatic heterocycles. The highest BCUT2D eigenvalue weighted by molar-refractivity contribution is 7.11. The molecule has 0 N–H and O–H groups in total. The van der Waals surface area contributed by atoms with Gasteiger partial charge in [-0.25, -0.2) is 9.78 Å². The maximum Gasteiger partial charge on any atom is 0.337 e. The number of aromatic nitrogens is 1. The summed E-state index contributed by atoms with van der Waals surface area (Å²) in [7, 11) is 1.34. The SMILES string of the molecule is COC(=O)c1cccc(Oc2cn[c]s2)c1. The number of ether oxygens (including phenoxy) is 2. The van der Waals surface area contributed by atoms with Crippen LogP contribution in [0.4, 0.5) is 0 Å². The van der Waals surface area contributed by atoms with Crippen LogP contribution in [0.3, 0.4) is 0 Å². The Labute approximate surface area is 96.5 Å². The third-order valence-corrected chi connectivity index (χ3v) is 2.43. The van der Waals surface area contributed by atoms with Crippen LogP contribution < -0.4 is 4.74 Å². The quantitative estimate of drug-likeness (QED) is 0.766. The third-order valence-electron chi connectivity index (χ3n) is 1.84. The Balaban J connectivity index is 2.19. The fourth-order valence-electron chi connectivity index (χ4n) is 1.14. The predicted octanol–water partition coefficient (Wildman–Crippen LogP) is 2.52. The van der Waals surface area contributed by atoms with Crippen molar-refractivity contribution in [3.63, 3.8) is 0 Å². The zero-order valence-corrected chi connectivity index (χ0v) is 9.28. The molecule has 0 saturated carbocycles. The standard InChI is InChI=1S/C11H8NO3S/c1-14-11(13)8-3-2-4-9(5-8)15-10-6-12-7-16-10/h2-6H,1H3. The Morgan fingerprint density at radius 3 is 3.06 bits per heavy atom. The van der Waals surface area contributed by atoms with Gasteiger partial charge in [0.2, 0.25) is 5.06 Å². The van der Waals surface area contributed by atoms with E-state index >= 15 is 0 Å². The molecule has 0 saturated heterocycles. The van der Waals surface area contributed by atoms with Crippen molar-refractivity contribution in [3.05, 3.63) is 41.5 Å². The number of methoxy groups -OCH3 is 1. The minimum Gasteiger partial charge on any atom is -0.465 e. The lowest BCUT2D eigenvalue weighted by Gasteiger charge is -2.03. The first kappa shape index (κ1) is 10.6. The summed E-state index contributed by atoms with van der Waals surface area (Å²) >= 11 is 1.26. The molecule has 4 nitrogen and oxygen atoms in total. The van der Waals surface area contributed by atoms with Gasteiger partial charge in [-0.05, 0) is 18.2 Å². The number of nitrogens with zero attached hydrogens (tertiary/aromatic N) is 1. The van der Waals surface area contributed by atoms with Crippen LogP contribution in [-0.2, 0) is 4.74 Å². The van der Waals surface area contributed by atoms with E-state index < -0.39 is 0 Å². The van der Waals surface area contributed by atoms with Crippen LogP contribution in [0.2, 0.25) is 0 Å². The van der Waals surface area contributed by atoms with Gasteiger partial charge in [0.15, 0.2) is 5.51 Å². The van der Waals surface area contributed by atoms with Crippen LogP contribution in [0, 0.1) is 5.51 Å². The summed E-state index contributed by atoms with van der Waals surface area (Å²) in [6, 6.07) is 6.77. The Morgan fingerprint density at radius 1 is 1.50 bits per heavy atom. The summed E-state index contributed by atoms with van der Waals surface area (Å²) in [6.45, 7) is 0. The molecule has 81 valence electrons. The second-order valence-electron chi connectivity index (χ2n) is 2.89. The molecule has 0 bridgehead atoms. The van der Waals surface area contributed by atoms with Crippen molar-refractivity contribution in [1.82, 2.24) is 4.98 Å². The first-order valence-corrected chi connectivity index (χ1v) is 5.29. The maximum atomic E-state index is 11.3. The van der Waals surface area contributed by atoms with Gasteiger partial charge in [-0.3, -0.25) is 0 Å². The van der Waals surface area contributed by atoms with E-state index in [2.05, 4.69) is 15.2 Å². The number of hydrogen-bond acceptors (Lipinski definition) is 5. The van der Waals surface area contributed by atoms with Crippen molar-refractivity contribution in [2.45, 2.75) is 0 Å². The molecule has 0 aliphatic heterocycles. The van der Waals surface area contributed by atoms with Crippen LogP contribution in [0.5, 0.6) is 10.8 Å². The lowest BCUT2D eigenvalue weighted by Crippen LogP contribution is -2.00. The van der Waals surface area contributed by atoms with Crippen molar-refractivity contribution in [1.29, 1.82) is 0 Å². The average Bonchev–Trinajstić information content (AvgIpc) is 2.81. The van der Waals surface area contributed by atoms with E-state index in [1.165, 1.54) is 18.4 Å². The van der Waals surface area contributed by atoms with Gasteiger partial charge in [-0.15, -0.1) is 0 Å². The molecule has 1 heterocycles. The van der Waals surface area contributed by atoms with Gasteiger partial charge in [-0.2, -0.15) is 0 Å². The Kier molecular flexibility index (Phi) is 3.16. The topological polar surface area (TPSA) is 48.4 Å². The second-order valence-corrected chi connectivity index (χ2v) is 3.68. The van der Waals surface area contributed by atoms with Crippen molar-refractivity contribution in [3.8, 4) is 10.8 Å². The molecule has 0 amide bonds. The smallest absolute Gasteiger partial charge is 0.337 e. The number of thiazole rings is 1. The summed E-state index contributed by atoms with van der Waals surface area (Å²) in [6.07, 6.45) is 1.56. The van der Waals surface area contributed by atoms with Gasteiger partial charge in [0.05, 0.1) is 18.9 Å². The molecule has 0 aliphatic carbocycles. The van der Waals surface area contributed by atoms with Gasteiger partial charge in [0.25, 0.3) is 0 Å². The molecule has 0 spiro atoms. The number of rotatable bonds is 3. The zero-order valence-electron chi connectivity index (χ0n) is 8.47. The average molecular weight is 234 g/mol. The van der Waals surface area contributed by atoms with E-state index in [4.69, 9.17) is 4.74 Å². The maximum absolute atomic E-state index is 11.3. The van der Waals surface area contributed by atoms with E-state index in [9.17, 15) is 4.79 Å². The minimum absolute atomic E-state index is 0.388. The monoisotopic (exact) mass is 234 g/mol. The van der Waals surface area contributed by atoms with E-state index in [-0.39, 0.29) is 5.97 Å². The normalized spacial score (nSPS) is 9.81. The number of carbonyl (C=O) groups excluding carboxylic acids is 1. The summed E-state index contributed by atoms with van der Waals surface area (Å²) in [4.78, 5) is 15.0. The Morgan fingerprint density at radius 2 is 2.38 bits per heavy atom. The van der Waals surface area contributed by atoms with Crippen molar-refractivity contribution in [2.24, 2.45) is 0 Å². The predicted molar refractivity (Wildman–Crippen MR) is 58.8 cm³/mol. The summed E-state index contributed by atoms with van der Waals surface area (Å²) in [5, 5.41) is 0.627. The highest BCUT2D eigenvalue weighted by atomic mass is 32.1. The molecule has 5 heteroatoms. The molecular formula is C11H8NO3S. The molecule has 2 rings (SSSR count). The van der Waals surface area contributed by atoms with Gasteiger partial charge in [0, 0.05) is 0 Å². The highest BCUT2D eigenvalue weighted by Gasteiger charge is 2.06. The van der Waals surface area contributed by atoms with E-state index in [0.29, 0.717) is 16.4 Å². The molecule has 16 heavy (non-hydrogen) atoms. The number of carbonyl (C=O) groups is 1. The molecule has 0 aliphatic rings. The zero-order chi connectivity index (χ0) is 11.4. The molecule has 0 fully saturated rings. The van der Waals surface area contributed by atoms with E-state index in [0.717, 1.165) is 0 Å². The van der Waals surface area contributed by atoms with Crippen LogP contribution in [0.15, 0.2) is 30.5 Å². The highest BCUT2D eigenvalue weighted by Crippen LogP contribution is 2.25. The fourth-order valence-corrected chi connectivity index (χ4v) is 1.58. The van der Waals surface area contributed by atoms with Gasteiger partial charge in [-0.1, -0.05) is 17.4 Å². The summed E-state index contributed by atoms with van der Waals surface area (Å²) in [5.74, 6) is 0.182. The Hall–Kier alpha value is -1.88. The largest absolute Gasteiger partial charge is 0.465 e.